The molecule has 0 aliphatic rings. The summed E-state index contributed by atoms with van der Waals surface area (Å²) in [6.07, 6.45) is 5.33. The lowest BCUT2D eigenvalue weighted by atomic mass is 10.1. The van der Waals surface area contributed by atoms with Crippen molar-refractivity contribution in [3.63, 3.8) is 0 Å². The van der Waals surface area contributed by atoms with Crippen molar-refractivity contribution in [3.8, 4) is 11.4 Å². The quantitative estimate of drug-likeness (QED) is 0.613. The van der Waals surface area contributed by atoms with Gasteiger partial charge in [-0.25, -0.2) is 9.78 Å². The number of carbonyl (C=O) groups is 2. The summed E-state index contributed by atoms with van der Waals surface area (Å²) in [5, 5.41) is 2.27. The second-order valence-electron chi connectivity index (χ2n) is 5.86. The number of aromatic nitrogens is 2. The van der Waals surface area contributed by atoms with Gasteiger partial charge in [0, 0.05) is 38.5 Å². The van der Waals surface area contributed by atoms with Gasteiger partial charge in [0.2, 0.25) is 5.91 Å². The average Bonchev–Trinajstić information content (AvgIpc) is 3.01. The Hall–Kier alpha value is -2.28. The molecule has 3 amide bonds. The number of imide groups is 1. The van der Waals surface area contributed by atoms with Crippen LogP contribution < -0.4 is 5.32 Å². The van der Waals surface area contributed by atoms with Crippen LogP contribution in [0, 0.1) is 0 Å². The van der Waals surface area contributed by atoms with Crippen LogP contribution >= 0.6 is 12.6 Å². The molecule has 0 saturated carbocycles. The van der Waals surface area contributed by atoms with E-state index in [9.17, 15) is 9.59 Å². The first kappa shape index (κ1) is 19.1. The third kappa shape index (κ3) is 4.85. The normalized spacial score (nSPS) is 11.8. The van der Waals surface area contributed by atoms with Crippen LogP contribution in [0.2, 0.25) is 0 Å². The zero-order valence-electron chi connectivity index (χ0n) is 14.8. The molecule has 0 aliphatic heterocycles. The van der Waals surface area contributed by atoms with Crippen LogP contribution in [0.25, 0.3) is 11.4 Å². The van der Waals surface area contributed by atoms with Crippen LogP contribution in [0.4, 0.5) is 4.79 Å². The van der Waals surface area contributed by atoms with Crippen molar-refractivity contribution >= 4 is 24.6 Å². The van der Waals surface area contributed by atoms with Gasteiger partial charge >= 0.3 is 6.03 Å². The SMILES string of the molecule is CCCCN(C(C)=O)C(=O)NC(S)c1ccc(-c2nccn2C)cc1. The molecular formula is C18H24N4O2S. The standard InChI is InChI=1S/C18H24N4O2S/c1-4-5-11-22(13(2)23)18(24)20-17(25)15-8-6-14(7-9-15)16-19-10-12-21(16)3/h6-10,12,17,25H,4-5,11H2,1-3H3,(H,20,24). The Kier molecular flexibility index (Phi) is 6.64. The summed E-state index contributed by atoms with van der Waals surface area (Å²) in [6.45, 7) is 3.82. The Balaban J connectivity index is 2.04. The summed E-state index contributed by atoms with van der Waals surface area (Å²) >= 11 is 4.45. The first-order valence-corrected chi connectivity index (χ1v) is 8.80. The summed E-state index contributed by atoms with van der Waals surface area (Å²) in [4.78, 5) is 29.5. The summed E-state index contributed by atoms with van der Waals surface area (Å²) in [6, 6.07) is 7.24. The lowest BCUT2D eigenvalue weighted by Crippen LogP contribution is -2.43. The fraction of sp³-hybridized carbons (Fsp3) is 0.389. The van der Waals surface area contributed by atoms with Crippen LogP contribution in [-0.2, 0) is 11.8 Å². The molecule has 1 N–H and O–H groups in total. The van der Waals surface area contributed by atoms with Gasteiger partial charge in [0.1, 0.15) is 5.82 Å². The van der Waals surface area contributed by atoms with Crippen molar-refractivity contribution in [3.05, 3.63) is 42.2 Å². The molecule has 0 aliphatic carbocycles. The van der Waals surface area contributed by atoms with Crippen LogP contribution in [0.3, 0.4) is 0 Å². The first-order valence-electron chi connectivity index (χ1n) is 8.28. The van der Waals surface area contributed by atoms with Crippen molar-refractivity contribution in [1.29, 1.82) is 0 Å². The van der Waals surface area contributed by atoms with Crippen molar-refractivity contribution in [2.75, 3.05) is 6.54 Å². The van der Waals surface area contributed by atoms with Crippen LogP contribution in [0.1, 0.15) is 37.6 Å². The van der Waals surface area contributed by atoms with E-state index in [0.29, 0.717) is 6.54 Å². The number of urea groups is 1. The molecular weight excluding hydrogens is 336 g/mol. The van der Waals surface area contributed by atoms with Crippen LogP contribution in [0.5, 0.6) is 0 Å². The summed E-state index contributed by atoms with van der Waals surface area (Å²) < 4.78 is 1.94. The molecule has 7 heteroatoms. The van der Waals surface area contributed by atoms with Crippen LogP contribution in [-0.4, -0.2) is 32.9 Å². The molecule has 0 fully saturated rings. The van der Waals surface area contributed by atoms with E-state index in [0.717, 1.165) is 29.8 Å². The van der Waals surface area contributed by atoms with Gasteiger partial charge in [-0.05, 0) is 12.0 Å². The number of benzene rings is 1. The number of nitrogens with zero attached hydrogens (tertiary/aromatic N) is 3. The number of thiol groups is 1. The predicted octanol–water partition coefficient (Wildman–Crippen LogP) is 3.37. The predicted molar refractivity (Wildman–Crippen MR) is 101 cm³/mol. The topological polar surface area (TPSA) is 67.2 Å². The van der Waals surface area contributed by atoms with Gasteiger partial charge in [0.25, 0.3) is 0 Å². The Morgan fingerprint density at radius 1 is 1.32 bits per heavy atom. The number of hydrogen-bond donors (Lipinski definition) is 2. The fourth-order valence-corrected chi connectivity index (χ4v) is 2.74. The minimum Gasteiger partial charge on any atom is -0.334 e. The molecule has 0 radical (unpaired) electrons. The average molecular weight is 360 g/mol. The molecule has 1 heterocycles. The van der Waals surface area contributed by atoms with E-state index in [1.807, 2.05) is 49.0 Å². The van der Waals surface area contributed by atoms with E-state index in [-0.39, 0.29) is 5.91 Å². The van der Waals surface area contributed by atoms with E-state index in [1.165, 1.54) is 11.8 Å². The van der Waals surface area contributed by atoms with Crippen molar-refractivity contribution in [2.45, 2.75) is 32.1 Å². The highest BCUT2D eigenvalue weighted by molar-refractivity contribution is 7.80. The number of hydrogen-bond acceptors (Lipinski definition) is 4. The lowest BCUT2D eigenvalue weighted by Gasteiger charge is -2.22. The molecule has 2 aromatic rings. The number of nitrogens with one attached hydrogen (secondary N) is 1. The van der Waals surface area contributed by atoms with E-state index in [2.05, 4.69) is 22.9 Å². The highest BCUT2D eigenvalue weighted by atomic mass is 32.1. The molecule has 0 bridgehead atoms. The maximum absolute atomic E-state index is 12.3. The minimum atomic E-state index is -0.494. The number of rotatable bonds is 6. The van der Waals surface area contributed by atoms with Gasteiger partial charge in [0.15, 0.2) is 0 Å². The van der Waals surface area contributed by atoms with Gasteiger partial charge in [-0.1, -0.05) is 37.6 Å². The number of unbranched alkanes of at least 4 members (excludes halogenated alkanes) is 1. The van der Waals surface area contributed by atoms with Crippen molar-refractivity contribution in [1.82, 2.24) is 19.8 Å². The molecule has 1 atom stereocenters. The molecule has 0 saturated heterocycles. The molecule has 1 aromatic heterocycles. The van der Waals surface area contributed by atoms with E-state index < -0.39 is 11.4 Å². The highest BCUT2D eigenvalue weighted by Gasteiger charge is 2.20. The van der Waals surface area contributed by atoms with Crippen LogP contribution in [0.15, 0.2) is 36.7 Å². The monoisotopic (exact) mass is 360 g/mol. The van der Waals surface area contributed by atoms with Gasteiger partial charge in [-0.3, -0.25) is 9.69 Å². The molecule has 1 unspecified atom stereocenters. The van der Waals surface area contributed by atoms with E-state index in [4.69, 9.17) is 0 Å². The molecule has 6 nitrogen and oxygen atoms in total. The van der Waals surface area contributed by atoms with E-state index in [1.54, 1.807) is 6.20 Å². The summed E-state index contributed by atoms with van der Waals surface area (Å²) in [5.74, 6) is 0.602. The molecule has 0 spiro atoms. The Morgan fingerprint density at radius 3 is 2.52 bits per heavy atom. The number of imidazole rings is 1. The number of aryl methyl sites for hydroxylation is 1. The Bertz CT molecular complexity index is 727. The van der Waals surface area contributed by atoms with Crippen molar-refractivity contribution < 1.29 is 9.59 Å². The lowest BCUT2D eigenvalue weighted by molar-refractivity contribution is -0.126. The van der Waals surface area contributed by atoms with Crippen molar-refractivity contribution in [2.24, 2.45) is 7.05 Å². The molecule has 1 aromatic carbocycles. The third-order valence-corrected chi connectivity index (χ3v) is 4.35. The number of carbonyl (C=O) groups excluding carboxylic acids is 2. The third-order valence-electron chi connectivity index (χ3n) is 3.93. The first-order chi connectivity index (χ1) is 11.9. The maximum Gasteiger partial charge on any atom is 0.325 e. The molecule has 25 heavy (non-hydrogen) atoms. The minimum absolute atomic E-state index is 0.267. The second-order valence-corrected chi connectivity index (χ2v) is 6.38. The van der Waals surface area contributed by atoms with Gasteiger partial charge in [-0.15, -0.1) is 12.6 Å². The number of amides is 3. The van der Waals surface area contributed by atoms with Gasteiger partial charge in [-0.2, -0.15) is 0 Å². The van der Waals surface area contributed by atoms with Gasteiger partial charge in [0.05, 0.1) is 5.37 Å². The molecule has 2 rings (SSSR count). The fourth-order valence-electron chi connectivity index (χ4n) is 2.45. The smallest absolute Gasteiger partial charge is 0.325 e. The largest absolute Gasteiger partial charge is 0.334 e. The van der Waals surface area contributed by atoms with E-state index >= 15 is 0 Å². The highest BCUT2D eigenvalue weighted by Crippen LogP contribution is 2.22. The maximum atomic E-state index is 12.3. The zero-order valence-corrected chi connectivity index (χ0v) is 15.7. The Labute approximate surface area is 153 Å². The molecule has 134 valence electrons. The summed E-state index contributed by atoms with van der Waals surface area (Å²) in [7, 11) is 1.94. The Morgan fingerprint density at radius 2 is 2.00 bits per heavy atom. The van der Waals surface area contributed by atoms with Gasteiger partial charge < -0.3 is 9.88 Å². The summed E-state index contributed by atoms with van der Waals surface area (Å²) in [5.41, 5.74) is 1.82. The second kappa shape index (κ2) is 8.71. The zero-order chi connectivity index (χ0) is 18.4.